The van der Waals surface area contributed by atoms with E-state index in [2.05, 4.69) is 35.7 Å². The number of phenolic OH excluding ortho intramolecular Hbond substituents is 1. The molecule has 1 fully saturated rings. The Bertz CT molecular complexity index is 632. The summed E-state index contributed by atoms with van der Waals surface area (Å²) >= 11 is 0. The highest BCUT2D eigenvalue weighted by Crippen LogP contribution is 2.31. The van der Waals surface area contributed by atoms with Gasteiger partial charge in [-0.05, 0) is 73.2 Å². The molecule has 2 aromatic rings. The molecule has 2 nitrogen and oxygen atoms in total. The Morgan fingerprint density at radius 1 is 0.875 bits per heavy atom. The minimum Gasteiger partial charge on any atom is -0.508 e. The average Bonchev–Trinajstić information content (AvgIpc) is 3.24. The van der Waals surface area contributed by atoms with Crippen LogP contribution in [-0.2, 0) is 6.42 Å². The molecule has 0 aromatic heterocycles. The second-order valence-electron chi connectivity index (χ2n) is 5.82. The molecule has 1 aliphatic heterocycles. The number of allylic oxidation sites excluding steroid dienone is 1. The van der Waals surface area contributed by atoms with Crippen LogP contribution in [0.3, 0.4) is 0 Å². The summed E-state index contributed by atoms with van der Waals surface area (Å²) in [6.45, 7) is 6.50. The summed E-state index contributed by atoms with van der Waals surface area (Å²) in [6, 6.07) is 16.0. The van der Waals surface area contributed by atoms with Crippen LogP contribution in [0.15, 0.2) is 54.6 Å². The first-order valence-electron chi connectivity index (χ1n) is 9.13. The molecule has 1 saturated heterocycles. The van der Waals surface area contributed by atoms with Crippen LogP contribution in [0.2, 0.25) is 0 Å². The lowest BCUT2D eigenvalue weighted by Gasteiger charge is -2.17. The van der Waals surface area contributed by atoms with Crippen LogP contribution in [-0.4, -0.2) is 18.2 Å². The summed E-state index contributed by atoms with van der Waals surface area (Å²) in [5.74, 6) is 0.318. The summed E-state index contributed by atoms with van der Waals surface area (Å²) in [4.78, 5) is 0. The number of nitrogens with one attached hydrogen (secondary N) is 1. The third-order valence-corrected chi connectivity index (χ3v) is 4.21. The van der Waals surface area contributed by atoms with E-state index in [9.17, 15) is 5.11 Å². The van der Waals surface area contributed by atoms with E-state index >= 15 is 0 Å². The van der Waals surface area contributed by atoms with E-state index in [0.29, 0.717) is 5.75 Å². The van der Waals surface area contributed by atoms with Crippen molar-refractivity contribution in [2.75, 3.05) is 13.1 Å². The molecule has 0 atom stereocenters. The van der Waals surface area contributed by atoms with Crippen molar-refractivity contribution in [3.63, 3.8) is 0 Å². The Morgan fingerprint density at radius 3 is 2.17 bits per heavy atom. The Labute approximate surface area is 146 Å². The fourth-order valence-corrected chi connectivity index (χ4v) is 3.02. The minimum absolute atomic E-state index is 0.318. The van der Waals surface area contributed by atoms with Crippen molar-refractivity contribution in [2.24, 2.45) is 0 Å². The van der Waals surface area contributed by atoms with Gasteiger partial charge >= 0.3 is 0 Å². The molecule has 2 heteroatoms. The molecule has 0 amide bonds. The maximum absolute atomic E-state index is 9.33. The lowest BCUT2D eigenvalue weighted by Crippen LogP contribution is -2.03. The first kappa shape index (κ1) is 18.3. The van der Waals surface area contributed by atoms with Crippen LogP contribution in [0.25, 0.3) is 5.57 Å². The molecule has 128 valence electrons. The van der Waals surface area contributed by atoms with Crippen molar-refractivity contribution >= 4 is 5.57 Å². The molecule has 4 rings (SSSR count). The van der Waals surface area contributed by atoms with Gasteiger partial charge < -0.3 is 10.4 Å². The van der Waals surface area contributed by atoms with Crippen LogP contribution in [0, 0.1) is 0 Å². The van der Waals surface area contributed by atoms with Gasteiger partial charge in [-0.25, -0.2) is 0 Å². The normalized spacial score (nSPS) is 15.2. The van der Waals surface area contributed by atoms with Gasteiger partial charge in [0.25, 0.3) is 0 Å². The summed E-state index contributed by atoms with van der Waals surface area (Å²) in [5, 5.41) is 12.6. The zero-order valence-electron chi connectivity index (χ0n) is 14.9. The molecular formula is C22H29NO. The molecular weight excluding hydrogens is 294 g/mol. The second-order valence-corrected chi connectivity index (χ2v) is 5.82. The highest BCUT2D eigenvalue weighted by molar-refractivity contribution is 5.82. The van der Waals surface area contributed by atoms with E-state index < -0.39 is 0 Å². The average molecular weight is 323 g/mol. The highest BCUT2D eigenvalue weighted by Gasteiger charge is 2.12. The van der Waals surface area contributed by atoms with Crippen LogP contribution < -0.4 is 5.32 Å². The Kier molecular flexibility index (Phi) is 7.57. The van der Waals surface area contributed by atoms with E-state index in [1.165, 1.54) is 48.2 Å². The van der Waals surface area contributed by atoms with Crippen molar-refractivity contribution in [2.45, 2.75) is 39.5 Å². The molecule has 24 heavy (non-hydrogen) atoms. The van der Waals surface area contributed by atoms with Gasteiger partial charge in [0.1, 0.15) is 5.75 Å². The Hall–Kier alpha value is -2.06. The van der Waals surface area contributed by atoms with E-state index in [1.807, 2.05) is 26.0 Å². The minimum atomic E-state index is 0.318. The maximum Gasteiger partial charge on any atom is 0.115 e. The van der Waals surface area contributed by atoms with Crippen LogP contribution >= 0.6 is 0 Å². The van der Waals surface area contributed by atoms with Crippen molar-refractivity contribution in [1.82, 2.24) is 5.32 Å². The van der Waals surface area contributed by atoms with Gasteiger partial charge in [0.15, 0.2) is 0 Å². The first-order valence-corrected chi connectivity index (χ1v) is 9.13. The quantitative estimate of drug-likeness (QED) is 0.759. The summed E-state index contributed by atoms with van der Waals surface area (Å²) in [6.07, 6.45) is 7.28. The first-order chi connectivity index (χ1) is 11.8. The van der Waals surface area contributed by atoms with Gasteiger partial charge in [-0.3, -0.25) is 0 Å². The Balaban J connectivity index is 0.000000252. The summed E-state index contributed by atoms with van der Waals surface area (Å²) in [7, 11) is 0. The molecule has 0 bridgehead atoms. The monoisotopic (exact) mass is 323 g/mol. The molecule has 1 heterocycles. The SMILES string of the molecule is C1CCNC1.CC.Oc1ccc(C2=CCCc3ccccc32)cc1. The zero-order chi connectivity index (χ0) is 17.2. The molecule has 0 spiro atoms. The van der Waals surface area contributed by atoms with Crippen molar-refractivity contribution < 1.29 is 5.11 Å². The lowest BCUT2D eigenvalue weighted by atomic mass is 9.87. The number of rotatable bonds is 1. The van der Waals surface area contributed by atoms with E-state index in [-0.39, 0.29) is 0 Å². The third kappa shape index (κ3) is 4.97. The molecule has 1 aliphatic carbocycles. The standard InChI is InChI=1S/C16H14O.C4H9N.C2H6/c17-14-10-8-13(9-11-14)16-7-3-5-12-4-1-2-6-15(12)16;1-2-4-5-3-1;1-2/h1-2,4,6-11,17H,3,5H2;5H,1-4H2;1-2H3. The maximum atomic E-state index is 9.33. The van der Waals surface area contributed by atoms with Crippen LogP contribution in [0.5, 0.6) is 5.75 Å². The van der Waals surface area contributed by atoms with E-state index in [1.54, 1.807) is 12.1 Å². The second kappa shape index (κ2) is 9.94. The fraction of sp³-hybridized carbons (Fsp3) is 0.364. The van der Waals surface area contributed by atoms with Crippen molar-refractivity contribution in [1.29, 1.82) is 0 Å². The topological polar surface area (TPSA) is 32.3 Å². The largest absolute Gasteiger partial charge is 0.508 e. The number of benzene rings is 2. The van der Waals surface area contributed by atoms with Crippen molar-refractivity contribution in [3.05, 3.63) is 71.3 Å². The summed E-state index contributed by atoms with van der Waals surface area (Å²) in [5.41, 5.74) is 5.20. The number of fused-ring (bicyclic) bond motifs is 1. The molecule has 0 unspecified atom stereocenters. The van der Waals surface area contributed by atoms with Gasteiger partial charge in [0.2, 0.25) is 0 Å². The smallest absolute Gasteiger partial charge is 0.115 e. The number of aromatic hydroxyl groups is 1. The number of phenols is 1. The number of aryl methyl sites for hydroxylation is 1. The zero-order valence-corrected chi connectivity index (χ0v) is 14.9. The van der Waals surface area contributed by atoms with Crippen molar-refractivity contribution in [3.8, 4) is 5.75 Å². The molecule has 0 radical (unpaired) electrons. The van der Waals surface area contributed by atoms with Crippen LogP contribution in [0.1, 0.15) is 49.8 Å². The molecule has 2 N–H and O–H groups in total. The number of hydrogen-bond donors (Lipinski definition) is 2. The lowest BCUT2D eigenvalue weighted by molar-refractivity contribution is 0.475. The van der Waals surface area contributed by atoms with Gasteiger partial charge in [-0.2, -0.15) is 0 Å². The van der Waals surface area contributed by atoms with Gasteiger partial charge in [0.05, 0.1) is 0 Å². The summed E-state index contributed by atoms with van der Waals surface area (Å²) < 4.78 is 0. The predicted molar refractivity (Wildman–Crippen MR) is 103 cm³/mol. The van der Waals surface area contributed by atoms with Gasteiger partial charge in [0, 0.05) is 0 Å². The van der Waals surface area contributed by atoms with Gasteiger partial charge in [-0.1, -0.05) is 56.3 Å². The predicted octanol–water partition coefficient (Wildman–Crippen LogP) is 5.17. The third-order valence-electron chi connectivity index (χ3n) is 4.21. The van der Waals surface area contributed by atoms with E-state index in [4.69, 9.17) is 0 Å². The molecule has 2 aliphatic rings. The highest BCUT2D eigenvalue weighted by atomic mass is 16.3. The van der Waals surface area contributed by atoms with Gasteiger partial charge in [-0.15, -0.1) is 0 Å². The molecule has 0 saturated carbocycles. The van der Waals surface area contributed by atoms with Crippen LogP contribution in [0.4, 0.5) is 0 Å². The molecule has 2 aromatic carbocycles. The Morgan fingerprint density at radius 2 is 1.54 bits per heavy atom. The fourth-order valence-electron chi connectivity index (χ4n) is 3.02. The number of hydrogen-bond acceptors (Lipinski definition) is 2. The van der Waals surface area contributed by atoms with E-state index in [0.717, 1.165) is 12.8 Å².